The van der Waals surface area contributed by atoms with Crippen LogP contribution in [0.4, 0.5) is 5.69 Å². The second-order valence-electron chi connectivity index (χ2n) is 3.37. The molecule has 0 atom stereocenters. The van der Waals surface area contributed by atoms with Crippen molar-refractivity contribution in [3.05, 3.63) is 28.8 Å². The van der Waals surface area contributed by atoms with Crippen LogP contribution in [0.1, 0.15) is 5.56 Å². The standard InChI is InChI=1S/C11H15ClN2OS/c1-8-2-3-10(9(12)6-8)14-11(15)7-16-5-4-13/h2-3,6H,4-5,7,13H2,1H3,(H,14,15). The van der Waals surface area contributed by atoms with Crippen LogP contribution in [0.3, 0.4) is 0 Å². The molecule has 0 fully saturated rings. The summed E-state index contributed by atoms with van der Waals surface area (Å²) in [5, 5.41) is 3.33. The van der Waals surface area contributed by atoms with E-state index in [2.05, 4.69) is 5.32 Å². The van der Waals surface area contributed by atoms with E-state index in [0.29, 0.717) is 23.0 Å². The monoisotopic (exact) mass is 258 g/mol. The van der Waals surface area contributed by atoms with E-state index in [4.69, 9.17) is 17.3 Å². The molecule has 3 nitrogen and oxygen atoms in total. The van der Waals surface area contributed by atoms with Gasteiger partial charge in [0.1, 0.15) is 0 Å². The van der Waals surface area contributed by atoms with Crippen LogP contribution in [-0.4, -0.2) is 24.0 Å². The number of rotatable bonds is 5. The van der Waals surface area contributed by atoms with Crippen molar-refractivity contribution in [3.8, 4) is 0 Å². The van der Waals surface area contributed by atoms with Gasteiger partial charge in [-0.25, -0.2) is 0 Å². The quantitative estimate of drug-likeness (QED) is 0.797. The smallest absolute Gasteiger partial charge is 0.234 e. The number of aryl methyl sites for hydroxylation is 1. The van der Waals surface area contributed by atoms with E-state index < -0.39 is 0 Å². The molecule has 0 aliphatic heterocycles. The van der Waals surface area contributed by atoms with Gasteiger partial charge in [0, 0.05) is 12.3 Å². The maximum absolute atomic E-state index is 11.5. The maximum atomic E-state index is 11.5. The fraction of sp³-hybridized carbons (Fsp3) is 0.364. The molecule has 0 heterocycles. The molecule has 0 bridgehead atoms. The molecule has 0 aromatic heterocycles. The second-order valence-corrected chi connectivity index (χ2v) is 4.89. The van der Waals surface area contributed by atoms with Gasteiger partial charge >= 0.3 is 0 Å². The Morgan fingerprint density at radius 1 is 1.56 bits per heavy atom. The van der Waals surface area contributed by atoms with E-state index >= 15 is 0 Å². The molecule has 88 valence electrons. The number of anilines is 1. The van der Waals surface area contributed by atoms with Gasteiger partial charge in [-0.2, -0.15) is 11.8 Å². The van der Waals surface area contributed by atoms with Crippen LogP contribution >= 0.6 is 23.4 Å². The second kappa shape index (κ2) is 6.78. The minimum atomic E-state index is -0.0517. The highest BCUT2D eigenvalue weighted by Crippen LogP contribution is 2.22. The summed E-state index contributed by atoms with van der Waals surface area (Å²) in [5.41, 5.74) is 7.06. The summed E-state index contributed by atoms with van der Waals surface area (Å²) in [6.07, 6.45) is 0. The minimum absolute atomic E-state index is 0.0517. The molecule has 0 radical (unpaired) electrons. The average molecular weight is 259 g/mol. The highest BCUT2D eigenvalue weighted by Gasteiger charge is 2.05. The molecule has 1 aromatic rings. The number of hydrogen-bond donors (Lipinski definition) is 2. The molecule has 1 rings (SSSR count). The summed E-state index contributed by atoms with van der Waals surface area (Å²) in [6.45, 7) is 2.54. The third-order valence-electron chi connectivity index (χ3n) is 1.89. The fourth-order valence-corrected chi connectivity index (χ4v) is 2.01. The first-order valence-electron chi connectivity index (χ1n) is 4.97. The van der Waals surface area contributed by atoms with E-state index in [1.807, 2.05) is 25.1 Å². The highest BCUT2D eigenvalue weighted by molar-refractivity contribution is 7.99. The maximum Gasteiger partial charge on any atom is 0.234 e. The molecule has 0 aliphatic carbocycles. The number of carbonyl (C=O) groups is 1. The van der Waals surface area contributed by atoms with Gasteiger partial charge in [-0.1, -0.05) is 17.7 Å². The largest absolute Gasteiger partial charge is 0.330 e. The predicted octanol–water partition coefficient (Wildman–Crippen LogP) is 2.28. The van der Waals surface area contributed by atoms with Crippen molar-refractivity contribution in [2.24, 2.45) is 5.73 Å². The summed E-state index contributed by atoms with van der Waals surface area (Å²) < 4.78 is 0. The van der Waals surface area contributed by atoms with E-state index in [1.54, 1.807) is 0 Å². The van der Waals surface area contributed by atoms with Gasteiger partial charge in [0.05, 0.1) is 16.5 Å². The van der Waals surface area contributed by atoms with Crippen molar-refractivity contribution in [1.29, 1.82) is 0 Å². The molecule has 0 unspecified atom stereocenters. The van der Waals surface area contributed by atoms with Gasteiger partial charge in [-0.3, -0.25) is 4.79 Å². The Kier molecular flexibility index (Phi) is 5.66. The number of amides is 1. The lowest BCUT2D eigenvalue weighted by Crippen LogP contribution is -2.15. The zero-order valence-electron chi connectivity index (χ0n) is 9.13. The van der Waals surface area contributed by atoms with Gasteiger partial charge in [-0.05, 0) is 24.6 Å². The number of nitrogens with two attached hydrogens (primary N) is 1. The van der Waals surface area contributed by atoms with Crippen LogP contribution in [0.5, 0.6) is 0 Å². The van der Waals surface area contributed by atoms with Crippen molar-refractivity contribution in [3.63, 3.8) is 0 Å². The number of benzene rings is 1. The Morgan fingerprint density at radius 3 is 2.94 bits per heavy atom. The van der Waals surface area contributed by atoms with Gasteiger partial charge in [0.15, 0.2) is 0 Å². The van der Waals surface area contributed by atoms with Crippen LogP contribution in [0.2, 0.25) is 5.02 Å². The Bertz CT molecular complexity index is 371. The predicted molar refractivity (Wildman–Crippen MR) is 71.2 cm³/mol. The van der Waals surface area contributed by atoms with Crippen molar-refractivity contribution in [2.45, 2.75) is 6.92 Å². The Balaban J connectivity index is 2.49. The van der Waals surface area contributed by atoms with Crippen molar-refractivity contribution >= 4 is 35.0 Å². The summed E-state index contributed by atoms with van der Waals surface area (Å²) in [4.78, 5) is 11.5. The summed E-state index contributed by atoms with van der Waals surface area (Å²) in [7, 11) is 0. The summed E-state index contributed by atoms with van der Waals surface area (Å²) in [6, 6.07) is 5.54. The lowest BCUT2D eigenvalue weighted by molar-refractivity contribution is -0.113. The van der Waals surface area contributed by atoms with Crippen LogP contribution in [0, 0.1) is 6.92 Å². The lowest BCUT2D eigenvalue weighted by atomic mass is 10.2. The lowest BCUT2D eigenvalue weighted by Gasteiger charge is -2.07. The van der Waals surface area contributed by atoms with E-state index in [9.17, 15) is 4.79 Å². The van der Waals surface area contributed by atoms with E-state index in [-0.39, 0.29) is 5.91 Å². The molecule has 5 heteroatoms. The van der Waals surface area contributed by atoms with Gasteiger partial charge in [0.2, 0.25) is 5.91 Å². The number of halogens is 1. The molecule has 0 saturated heterocycles. The number of nitrogens with one attached hydrogen (secondary N) is 1. The number of carbonyl (C=O) groups excluding carboxylic acids is 1. The zero-order chi connectivity index (χ0) is 12.0. The molecule has 0 spiro atoms. The molecule has 0 saturated carbocycles. The van der Waals surface area contributed by atoms with Crippen LogP contribution in [0.15, 0.2) is 18.2 Å². The first kappa shape index (κ1) is 13.4. The molecule has 0 aliphatic rings. The first-order valence-corrected chi connectivity index (χ1v) is 6.50. The van der Waals surface area contributed by atoms with Gasteiger partial charge in [0.25, 0.3) is 0 Å². The highest BCUT2D eigenvalue weighted by atomic mass is 35.5. The molecular formula is C11H15ClN2OS. The third-order valence-corrected chi connectivity index (χ3v) is 3.20. The minimum Gasteiger partial charge on any atom is -0.330 e. The van der Waals surface area contributed by atoms with Crippen molar-refractivity contribution in [2.75, 3.05) is 23.4 Å². The van der Waals surface area contributed by atoms with Crippen molar-refractivity contribution < 1.29 is 4.79 Å². The van der Waals surface area contributed by atoms with E-state index in [1.165, 1.54) is 11.8 Å². The fourth-order valence-electron chi connectivity index (χ4n) is 1.16. The Morgan fingerprint density at radius 2 is 2.31 bits per heavy atom. The average Bonchev–Trinajstić information content (AvgIpc) is 2.23. The van der Waals surface area contributed by atoms with Crippen LogP contribution < -0.4 is 11.1 Å². The Labute approximate surface area is 105 Å². The molecule has 3 N–H and O–H groups in total. The first-order chi connectivity index (χ1) is 7.63. The van der Waals surface area contributed by atoms with Crippen LogP contribution in [-0.2, 0) is 4.79 Å². The van der Waals surface area contributed by atoms with Crippen LogP contribution in [0.25, 0.3) is 0 Å². The molecular weight excluding hydrogens is 244 g/mol. The van der Waals surface area contributed by atoms with Gasteiger partial charge < -0.3 is 11.1 Å². The molecule has 1 amide bonds. The van der Waals surface area contributed by atoms with Crippen molar-refractivity contribution in [1.82, 2.24) is 0 Å². The Hall–Kier alpha value is -0.710. The summed E-state index contributed by atoms with van der Waals surface area (Å²) in [5.74, 6) is 1.14. The topological polar surface area (TPSA) is 55.1 Å². The molecule has 1 aromatic carbocycles. The number of hydrogen-bond acceptors (Lipinski definition) is 3. The zero-order valence-corrected chi connectivity index (χ0v) is 10.7. The van der Waals surface area contributed by atoms with Gasteiger partial charge in [-0.15, -0.1) is 0 Å². The summed E-state index contributed by atoms with van der Waals surface area (Å²) >= 11 is 7.50. The third kappa shape index (κ3) is 4.43. The normalized spacial score (nSPS) is 10.2. The SMILES string of the molecule is Cc1ccc(NC(=O)CSCCN)c(Cl)c1. The number of thioether (sulfide) groups is 1. The molecule has 16 heavy (non-hydrogen) atoms. The van der Waals surface area contributed by atoms with E-state index in [0.717, 1.165) is 11.3 Å².